The molecule has 0 radical (unpaired) electrons. The molecule has 1 aliphatic rings. The molecular formula is C16H13FN2O4. The Kier molecular flexibility index (Phi) is 3.69. The molecule has 0 fully saturated rings. The molecule has 23 heavy (non-hydrogen) atoms. The number of nitro groups is 1. The fraction of sp³-hybridized carbons (Fsp3) is 0.188. The molecule has 118 valence electrons. The van der Waals surface area contributed by atoms with Crippen LogP contribution in [0.2, 0.25) is 0 Å². The van der Waals surface area contributed by atoms with E-state index >= 15 is 0 Å². The summed E-state index contributed by atoms with van der Waals surface area (Å²) in [5.41, 5.74) is 1.37. The molecular weight excluding hydrogens is 303 g/mol. The number of benzene rings is 2. The number of hydrogen-bond donors (Lipinski definition) is 2. The van der Waals surface area contributed by atoms with E-state index in [9.17, 15) is 24.4 Å². The van der Waals surface area contributed by atoms with Gasteiger partial charge in [0.1, 0.15) is 11.6 Å². The predicted molar refractivity (Wildman–Crippen MR) is 79.7 cm³/mol. The SMILES string of the molecule is O=C(NC1CCc2cc(F)ccc21)c1ccc([N+](=O)[O-])cc1O. The predicted octanol–water partition coefficient (Wildman–Crippen LogP) is 2.86. The lowest BCUT2D eigenvalue weighted by molar-refractivity contribution is -0.384. The topological polar surface area (TPSA) is 92.5 Å². The number of non-ortho nitro benzene ring substituents is 1. The van der Waals surface area contributed by atoms with Crippen LogP contribution in [0.3, 0.4) is 0 Å². The van der Waals surface area contributed by atoms with Crippen LogP contribution in [-0.2, 0) is 6.42 Å². The van der Waals surface area contributed by atoms with Gasteiger partial charge in [0.15, 0.2) is 0 Å². The average Bonchev–Trinajstić information content (AvgIpc) is 2.88. The number of aryl methyl sites for hydroxylation is 1. The minimum atomic E-state index is -0.650. The summed E-state index contributed by atoms with van der Waals surface area (Å²) in [5.74, 6) is -1.29. The van der Waals surface area contributed by atoms with E-state index in [4.69, 9.17) is 0 Å². The highest BCUT2D eigenvalue weighted by atomic mass is 19.1. The second kappa shape index (κ2) is 5.68. The van der Waals surface area contributed by atoms with Gasteiger partial charge in [-0.1, -0.05) is 6.07 Å². The number of carbonyl (C=O) groups is 1. The van der Waals surface area contributed by atoms with Crippen molar-refractivity contribution < 1.29 is 19.2 Å². The molecule has 2 aromatic rings. The maximum atomic E-state index is 13.2. The molecule has 7 heteroatoms. The first kappa shape index (κ1) is 15.0. The van der Waals surface area contributed by atoms with Crippen molar-refractivity contribution in [1.82, 2.24) is 5.32 Å². The van der Waals surface area contributed by atoms with Crippen LogP contribution in [0.5, 0.6) is 5.75 Å². The van der Waals surface area contributed by atoms with E-state index in [1.807, 2.05) is 0 Å². The van der Waals surface area contributed by atoms with E-state index in [2.05, 4.69) is 5.32 Å². The fourth-order valence-electron chi connectivity index (χ4n) is 2.80. The molecule has 0 spiro atoms. The molecule has 0 saturated carbocycles. The molecule has 0 heterocycles. The molecule has 1 aliphatic carbocycles. The van der Waals surface area contributed by atoms with E-state index in [1.54, 1.807) is 6.07 Å². The molecule has 1 atom stereocenters. The number of carbonyl (C=O) groups excluding carboxylic acids is 1. The highest BCUT2D eigenvalue weighted by Crippen LogP contribution is 2.32. The van der Waals surface area contributed by atoms with Crippen LogP contribution in [0.15, 0.2) is 36.4 Å². The number of phenolic OH excluding ortho intramolecular Hbond substituents is 1. The number of halogens is 1. The van der Waals surface area contributed by atoms with Crippen molar-refractivity contribution in [2.24, 2.45) is 0 Å². The van der Waals surface area contributed by atoms with Crippen LogP contribution < -0.4 is 5.32 Å². The molecule has 0 saturated heterocycles. The van der Waals surface area contributed by atoms with Gasteiger partial charge >= 0.3 is 0 Å². The first-order chi connectivity index (χ1) is 11.0. The Hall–Kier alpha value is -2.96. The number of nitrogens with zero attached hydrogens (tertiary/aromatic N) is 1. The Morgan fingerprint density at radius 1 is 1.30 bits per heavy atom. The number of phenols is 1. The Balaban J connectivity index is 1.80. The highest BCUT2D eigenvalue weighted by Gasteiger charge is 2.26. The first-order valence-corrected chi connectivity index (χ1v) is 7.02. The van der Waals surface area contributed by atoms with Gasteiger partial charge in [-0.2, -0.15) is 0 Å². The first-order valence-electron chi connectivity index (χ1n) is 7.02. The van der Waals surface area contributed by atoms with Crippen molar-refractivity contribution in [3.8, 4) is 5.75 Å². The number of nitrogens with one attached hydrogen (secondary N) is 1. The van der Waals surface area contributed by atoms with Gasteiger partial charge in [-0.15, -0.1) is 0 Å². The van der Waals surface area contributed by atoms with E-state index in [1.165, 1.54) is 18.2 Å². The largest absolute Gasteiger partial charge is 0.507 e. The highest BCUT2D eigenvalue weighted by molar-refractivity contribution is 5.97. The number of aromatic hydroxyl groups is 1. The quantitative estimate of drug-likeness (QED) is 0.672. The zero-order valence-corrected chi connectivity index (χ0v) is 12.0. The smallest absolute Gasteiger partial charge is 0.273 e. The van der Waals surface area contributed by atoms with Gasteiger partial charge in [-0.3, -0.25) is 14.9 Å². The molecule has 1 unspecified atom stereocenters. The zero-order valence-electron chi connectivity index (χ0n) is 12.0. The van der Waals surface area contributed by atoms with E-state index in [0.717, 1.165) is 23.3 Å². The lowest BCUT2D eigenvalue weighted by Crippen LogP contribution is -2.27. The summed E-state index contributed by atoms with van der Waals surface area (Å²) in [6.45, 7) is 0. The van der Waals surface area contributed by atoms with Gasteiger partial charge in [0, 0.05) is 6.07 Å². The maximum Gasteiger partial charge on any atom is 0.273 e. The average molecular weight is 316 g/mol. The molecule has 0 aromatic heterocycles. The normalized spacial score (nSPS) is 16.0. The number of hydrogen-bond acceptors (Lipinski definition) is 4. The van der Waals surface area contributed by atoms with Crippen LogP contribution >= 0.6 is 0 Å². The fourth-order valence-corrected chi connectivity index (χ4v) is 2.80. The van der Waals surface area contributed by atoms with Crippen molar-refractivity contribution in [2.45, 2.75) is 18.9 Å². The van der Waals surface area contributed by atoms with Gasteiger partial charge in [-0.05, 0) is 42.2 Å². The van der Waals surface area contributed by atoms with Gasteiger partial charge in [0.05, 0.1) is 22.6 Å². The van der Waals surface area contributed by atoms with E-state index in [0.29, 0.717) is 12.8 Å². The lowest BCUT2D eigenvalue weighted by atomic mass is 10.1. The molecule has 2 N–H and O–H groups in total. The van der Waals surface area contributed by atoms with Gasteiger partial charge in [-0.25, -0.2) is 4.39 Å². The van der Waals surface area contributed by atoms with Gasteiger partial charge in [0.25, 0.3) is 11.6 Å². The summed E-state index contributed by atoms with van der Waals surface area (Å²) in [6.07, 6.45) is 1.29. The van der Waals surface area contributed by atoms with Crippen LogP contribution in [0.1, 0.15) is 33.9 Å². The van der Waals surface area contributed by atoms with E-state index < -0.39 is 16.6 Å². The van der Waals surface area contributed by atoms with Crippen molar-refractivity contribution in [3.63, 3.8) is 0 Å². The Morgan fingerprint density at radius 2 is 2.09 bits per heavy atom. The Morgan fingerprint density at radius 3 is 2.78 bits per heavy atom. The van der Waals surface area contributed by atoms with E-state index in [-0.39, 0.29) is 23.1 Å². The third kappa shape index (κ3) is 2.85. The standard InChI is InChI=1S/C16H13FN2O4/c17-10-2-4-12-9(7-10)1-6-14(12)18-16(21)13-5-3-11(19(22)23)8-15(13)20/h2-5,7-8,14,20H,1,6H2,(H,18,21). The van der Waals surface area contributed by atoms with Crippen molar-refractivity contribution in [1.29, 1.82) is 0 Å². The van der Waals surface area contributed by atoms with Crippen LogP contribution in [-0.4, -0.2) is 15.9 Å². The molecule has 0 bridgehead atoms. The number of nitro benzene ring substituents is 1. The summed E-state index contributed by atoms with van der Waals surface area (Å²) >= 11 is 0. The lowest BCUT2D eigenvalue weighted by Gasteiger charge is -2.14. The van der Waals surface area contributed by atoms with Crippen molar-refractivity contribution in [2.75, 3.05) is 0 Å². The summed E-state index contributed by atoms with van der Waals surface area (Å²) in [6, 6.07) is 7.46. The third-order valence-electron chi connectivity index (χ3n) is 3.92. The molecule has 6 nitrogen and oxygen atoms in total. The maximum absolute atomic E-state index is 13.2. The van der Waals surface area contributed by atoms with Crippen LogP contribution in [0.25, 0.3) is 0 Å². The van der Waals surface area contributed by atoms with Crippen molar-refractivity contribution in [3.05, 3.63) is 69.0 Å². The number of fused-ring (bicyclic) bond motifs is 1. The second-order valence-corrected chi connectivity index (χ2v) is 5.37. The monoisotopic (exact) mass is 316 g/mol. The Labute approximate surface area is 130 Å². The summed E-state index contributed by atoms with van der Waals surface area (Å²) < 4.78 is 13.2. The minimum absolute atomic E-state index is 0.0360. The molecule has 2 aromatic carbocycles. The van der Waals surface area contributed by atoms with Crippen LogP contribution in [0, 0.1) is 15.9 Å². The molecule has 1 amide bonds. The minimum Gasteiger partial charge on any atom is -0.507 e. The number of rotatable bonds is 3. The zero-order chi connectivity index (χ0) is 16.6. The third-order valence-corrected chi connectivity index (χ3v) is 3.92. The summed E-state index contributed by atoms with van der Waals surface area (Å²) in [5, 5.41) is 23.2. The second-order valence-electron chi connectivity index (χ2n) is 5.37. The van der Waals surface area contributed by atoms with Gasteiger partial charge < -0.3 is 10.4 Å². The molecule has 0 aliphatic heterocycles. The summed E-state index contributed by atoms with van der Waals surface area (Å²) in [4.78, 5) is 22.3. The Bertz CT molecular complexity index is 807. The number of amides is 1. The van der Waals surface area contributed by atoms with Gasteiger partial charge in [0.2, 0.25) is 0 Å². The van der Waals surface area contributed by atoms with Crippen LogP contribution in [0.4, 0.5) is 10.1 Å². The molecule has 3 rings (SSSR count). The van der Waals surface area contributed by atoms with Crippen molar-refractivity contribution >= 4 is 11.6 Å². The summed E-state index contributed by atoms with van der Waals surface area (Å²) in [7, 11) is 0.